The van der Waals surface area contributed by atoms with Crippen molar-refractivity contribution in [3.05, 3.63) is 23.8 Å². The van der Waals surface area contributed by atoms with Crippen molar-refractivity contribution in [1.29, 1.82) is 0 Å². The minimum atomic E-state index is -4.38. The van der Waals surface area contributed by atoms with Crippen molar-refractivity contribution in [2.45, 2.75) is 11.4 Å². The molecule has 3 nitrogen and oxygen atoms in total. The lowest BCUT2D eigenvalue weighted by molar-refractivity contribution is -0.303. The van der Waals surface area contributed by atoms with E-state index < -0.39 is 22.4 Å². The average Bonchev–Trinajstić information content (AvgIpc) is 2.17. The van der Waals surface area contributed by atoms with Crippen molar-refractivity contribution in [3.63, 3.8) is 0 Å². The molecule has 0 aliphatic carbocycles. The summed E-state index contributed by atoms with van der Waals surface area (Å²) in [6, 6.07) is 3.12. The quantitative estimate of drug-likeness (QED) is 0.587. The summed E-state index contributed by atoms with van der Waals surface area (Å²) in [6.45, 7) is 0. The Labute approximate surface area is 103 Å². The third-order valence-electron chi connectivity index (χ3n) is 1.99. The Morgan fingerprint density at radius 1 is 1.18 bits per heavy atom. The van der Waals surface area contributed by atoms with Crippen molar-refractivity contribution in [3.8, 4) is 11.5 Å². The molecule has 0 amide bonds. The Balaban J connectivity index is 2.47. The minimum absolute atomic E-state index is 0.0919. The van der Waals surface area contributed by atoms with E-state index in [1.807, 2.05) is 0 Å². The molecule has 0 saturated carbocycles. The fourth-order valence-corrected chi connectivity index (χ4v) is 1.43. The van der Waals surface area contributed by atoms with Crippen molar-refractivity contribution in [1.82, 2.24) is 0 Å². The number of rotatable bonds is 1. The van der Waals surface area contributed by atoms with E-state index in [9.17, 15) is 18.0 Å². The van der Waals surface area contributed by atoms with Gasteiger partial charge in [0.1, 0.15) is 0 Å². The summed E-state index contributed by atoms with van der Waals surface area (Å²) in [7, 11) is 0. The van der Waals surface area contributed by atoms with Crippen LogP contribution in [0.4, 0.5) is 13.2 Å². The molecule has 2 rings (SSSR count). The largest absolute Gasteiger partial charge is 0.488 e. The molecule has 17 heavy (non-hydrogen) atoms. The monoisotopic (exact) mass is 286 g/mol. The van der Waals surface area contributed by atoms with Crippen molar-refractivity contribution >= 4 is 28.4 Å². The van der Waals surface area contributed by atoms with Crippen LogP contribution in [0.5, 0.6) is 11.5 Å². The highest BCUT2D eigenvalue weighted by atomic mass is 35.5. The molecule has 0 aromatic heterocycles. The zero-order valence-corrected chi connectivity index (χ0v) is 9.36. The molecule has 0 spiro atoms. The van der Waals surface area contributed by atoms with Crippen molar-refractivity contribution < 1.29 is 27.4 Å². The molecule has 0 fully saturated rings. The van der Waals surface area contributed by atoms with Crippen LogP contribution in [0, 0.1) is 0 Å². The molecule has 1 aromatic rings. The van der Waals surface area contributed by atoms with Crippen LogP contribution in [0.2, 0.25) is 0 Å². The van der Waals surface area contributed by atoms with Crippen LogP contribution in [0.15, 0.2) is 18.2 Å². The van der Waals surface area contributed by atoms with Gasteiger partial charge >= 0.3 is 11.4 Å². The van der Waals surface area contributed by atoms with Gasteiger partial charge in [0.2, 0.25) is 0 Å². The second kappa shape index (κ2) is 3.68. The fraction of sp³-hybridized carbons (Fsp3) is 0.222. The number of benzene rings is 1. The first-order valence-corrected chi connectivity index (χ1v) is 4.96. The maximum atomic E-state index is 13.2. The van der Waals surface area contributed by atoms with Gasteiger partial charge in [0.05, 0.1) is 0 Å². The van der Waals surface area contributed by atoms with Gasteiger partial charge < -0.3 is 9.47 Å². The van der Waals surface area contributed by atoms with Gasteiger partial charge in [-0.3, -0.25) is 4.79 Å². The average molecular weight is 287 g/mol. The van der Waals surface area contributed by atoms with Crippen LogP contribution in [0.1, 0.15) is 10.4 Å². The topological polar surface area (TPSA) is 35.5 Å². The third-order valence-corrected chi connectivity index (χ3v) is 2.50. The number of ether oxygens (including phenoxy) is 2. The molecule has 1 aliphatic heterocycles. The smallest absolute Gasteiger partial charge is 0.434 e. The standard InChI is InChI=1S/C9H3Cl2F3O3/c10-7(15)4-1-2-5-6(3-4)17-9(13,14)8(11,12)16-5/h1-3H. The molecule has 1 heterocycles. The Kier molecular flexibility index (Phi) is 2.67. The van der Waals surface area contributed by atoms with E-state index in [1.54, 1.807) is 0 Å². The molecule has 0 saturated heterocycles. The Morgan fingerprint density at radius 3 is 2.41 bits per heavy atom. The molecular formula is C9H3Cl2F3O3. The number of carbonyl (C=O) groups excluding carboxylic acids is 1. The number of hydrogen-bond acceptors (Lipinski definition) is 3. The van der Waals surface area contributed by atoms with Crippen LogP contribution < -0.4 is 9.47 Å². The van der Waals surface area contributed by atoms with Gasteiger partial charge in [-0.2, -0.15) is 13.2 Å². The lowest BCUT2D eigenvalue weighted by Gasteiger charge is -2.33. The first kappa shape index (κ1) is 12.3. The third kappa shape index (κ3) is 2.02. The van der Waals surface area contributed by atoms with E-state index in [0.717, 1.165) is 18.2 Å². The summed E-state index contributed by atoms with van der Waals surface area (Å²) >= 11 is 9.99. The van der Waals surface area contributed by atoms with E-state index in [4.69, 9.17) is 23.2 Å². The first-order valence-electron chi connectivity index (χ1n) is 4.20. The van der Waals surface area contributed by atoms with Crippen LogP contribution in [0.25, 0.3) is 0 Å². The van der Waals surface area contributed by atoms with Gasteiger partial charge in [-0.1, -0.05) is 0 Å². The summed E-state index contributed by atoms with van der Waals surface area (Å²) in [5.74, 6) is -0.870. The lowest BCUT2D eigenvalue weighted by atomic mass is 10.2. The summed E-state index contributed by atoms with van der Waals surface area (Å²) in [6.07, 6.45) is -4.38. The molecule has 1 aliphatic rings. The van der Waals surface area contributed by atoms with Gasteiger partial charge in [-0.15, -0.1) is 0 Å². The molecule has 0 radical (unpaired) electrons. The fourth-order valence-electron chi connectivity index (χ4n) is 1.19. The second-order valence-corrected chi connectivity index (χ2v) is 4.00. The summed E-state index contributed by atoms with van der Waals surface area (Å²) in [5.41, 5.74) is -0.0919. The predicted molar refractivity (Wildman–Crippen MR) is 52.5 cm³/mol. The molecule has 0 N–H and O–H groups in total. The van der Waals surface area contributed by atoms with Crippen molar-refractivity contribution in [2.24, 2.45) is 0 Å². The Hall–Kier alpha value is -1.14. The highest BCUT2D eigenvalue weighted by Crippen LogP contribution is 2.48. The highest BCUT2D eigenvalue weighted by Gasteiger charge is 2.63. The number of fused-ring (bicyclic) bond motifs is 1. The molecule has 0 bridgehead atoms. The van der Waals surface area contributed by atoms with Crippen LogP contribution in [-0.2, 0) is 0 Å². The van der Waals surface area contributed by atoms with Gasteiger partial charge in [0.15, 0.2) is 11.5 Å². The Bertz CT molecular complexity index is 490. The zero-order chi connectivity index (χ0) is 12.8. The van der Waals surface area contributed by atoms with Crippen molar-refractivity contribution in [2.75, 3.05) is 0 Å². The van der Waals surface area contributed by atoms with E-state index in [0.29, 0.717) is 0 Å². The first-order chi connectivity index (χ1) is 7.73. The SMILES string of the molecule is O=C(Cl)c1ccc2c(c1)OC(F)(F)C(F)(Cl)O2. The number of alkyl halides is 4. The van der Waals surface area contributed by atoms with Gasteiger partial charge in [-0.25, -0.2) is 0 Å². The second-order valence-electron chi connectivity index (χ2n) is 3.17. The number of carbonyl (C=O) groups is 1. The summed E-state index contributed by atoms with van der Waals surface area (Å²) < 4.78 is 47.5. The zero-order valence-electron chi connectivity index (χ0n) is 7.85. The number of halogens is 5. The molecule has 1 unspecified atom stereocenters. The van der Waals surface area contributed by atoms with E-state index in [2.05, 4.69) is 9.47 Å². The molecule has 1 aromatic carbocycles. The van der Waals surface area contributed by atoms with Gasteiger partial charge in [-0.05, 0) is 41.4 Å². The molecule has 92 valence electrons. The molecular weight excluding hydrogens is 284 g/mol. The number of hydrogen-bond donors (Lipinski definition) is 0. The van der Waals surface area contributed by atoms with Crippen LogP contribution in [0.3, 0.4) is 0 Å². The van der Waals surface area contributed by atoms with Gasteiger partial charge in [0.25, 0.3) is 5.24 Å². The summed E-state index contributed by atoms with van der Waals surface area (Å²) in [4.78, 5) is 10.8. The van der Waals surface area contributed by atoms with E-state index in [-0.39, 0.29) is 11.3 Å². The van der Waals surface area contributed by atoms with Crippen LogP contribution >= 0.6 is 23.2 Å². The molecule has 1 atom stereocenters. The predicted octanol–water partition coefficient (Wildman–Crippen LogP) is 3.29. The highest BCUT2D eigenvalue weighted by molar-refractivity contribution is 6.67. The normalized spacial score (nSPS) is 25.5. The maximum absolute atomic E-state index is 13.2. The minimum Gasteiger partial charge on any atom is -0.434 e. The Morgan fingerprint density at radius 2 is 1.82 bits per heavy atom. The van der Waals surface area contributed by atoms with E-state index >= 15 is 0 Å². The van der Waals surface area contributed by atoms with Gasteiger partial charge in [0, 0.05) is 5.56 Å². The van der Waals surface area contributed by atoms with E-state index in [1.165, 1.54) is 0 Å². The maximum Gasteiger partial charge on any atom is 0.488 e. The summed E-state index contributed by atoms with van der Waals surface area (Å²) in [5, 5.41) is -4.67. The molecule has 8 heteroatoms. The van der Waals surface area contributed by atoms with Crippen LogP contribution in [-0.4, -0.2) is 16.7 Å². The lowest BCUT2D eigenvalue weighted by Crippen LogP contribution is -2.51.